The third-order valence-electron chi connectivity index (χ3n) is 6.39. The molecule has 38 heavy (non-hydrogen) atoms. The van der Waals surface area contributed by atoms with Crippen molar-refractivity contribution in [1.82, 2.24) is 9.88 Å². The van der Waals surface area contributed by atoms with Gasteiger partial charge in [-0.15, -0.1) is 0 Å². The van der Waals surface area contributed by atoms with Crippen molar-refractivity contribution in [1.29, 1.82) is 0 Å². The van der Waals surface area contributed by atoms with Gasteiger partial charge in [0, 0.05) is 54.7 Å². The molecule has 0 unspecified atom stereocenters. The average Bonchev–Trinajstić information content (AvgIpc) is 2.92. The molecule has 1 N–H and O–H groups in total. The second-order valence-corrected chi connectivity index (χ2v) is 10.5. The molecule has 196 valence electrons. The van der Waals surface area contributed by atoms with Gasteiger partial charge in [-0.1, -0.05) is 30.3 Å². The van der Waals surface area contributed by atoms with Gasteiger partial charge in [-0.25, -0.2) is 8.42 Å². The van der Waals surface area contributed by atoms with Crippen LogP contribution in [-0.4, -0.2) is 50.4 Å². The van der Waals surface area contributed by atoms with Crippen molar-refractivity contribution in [3.63, 3.8) is 0 Å². The van der Waals surface area contributed by atoms with Crippen LogP contribution in [0.2, 0.25) is 0 Å². The van der Waals surface area contributed by atoms with E-state index in [-0.39, 0.29) is 48.4 Å². The van der Waals surface area contributed by atoms with Crippen molar-refractivity contribution in [2.45, 2.75) is 11.1 Å². The van der Waals surface area contributed by atoms with Crippen molar-refractivity contribution in [3.05, 3.63) is 96.2 Å². The summed E-state index contributed by atoms with van der Waals surface area (Å²) in [5, 5.41) is 0.693. The number of para-hydroxylation sites is 2. The van der Waals surface area contributed by atoms with Gasteiger partial charge >= 0.3 is 6.18 Å². The Bertz CT molecular complexity index is 1580. The minimum Gasteiger partial charge on any atom is -0.367 e. The van der Waals surface area contributed by atoms with Crippen molar-refractivity contribution < 1.29 is 26.4 Å². The van der Waals surface area contributed by atoms with E-state index in [1.54, 1.807) is 40.1 Å². The van der Waals surface area contributed by atoms with E-state index >= 15 is 0 Å². The molecule has 1 amide bonds. The molecule has 11 heteroatoms. The second-order valence-electron chi connectivity index (χ2n) is 8.81. The highest BCUT2D eigenvalue weighted by Crippen LogP contribution is 2.36. The van der Waals surface area contributed by atoms with Crippen LogP contribution in [0.15, 0.2) is 90.0 Å². The summed E-state index contributed by atoms with van der Waals surface area (Å²) in [7, 11) is -3.93. The molecule has 1 fully saturated rings. The predicted molar refractivity (Wildman–Crippen MR) is 139 cm³/mol. The highest BCUT2D eigenvalue weighted by atomic mass is 32.2. The first-order valence-corrected chi connectivity index (χ1v) is 13.3. The maximum atomic E-state index is 13.4. The number of piperazine rings is 1. The Morgan fingerprint density at radius 3 is 2.24 bits per heavy atom. The zero-order chi connectivity index (χ0) is 26.9. The minimum absolute atomic E-state index is 0.0423. The van der Waals surface area contributed by atoms with Crippen LogP contribution in [-0.2, 0) is 16.2 Å². The fraction of sp³-hybridized carbons (Fsp3) is 0.185. The zero-order valence-corrected chi connectivity index (χ0v) is 20.8. The fourth-order valence-corrected chi connectivity index (χ4v) is 5.75. The van der Waals surface area contributed by atoms with E-state index in [1.807, 2.05) is 0 Å². The lowest BCUT2D eigenvalue weighted by atomic mass is 10.1. The lowest BCUT2D eigenvalue weighted by molar-refractivity contribution is -0.137. The Hall–Kier alpha value is -4.12. The normalized spacial score (nSPS) is 14.5. The molecule has 0 spiro atoms. The van der Waals surface area contributed by atoms with E-state index < -0.39 is 21.8 Å². The van der Waals surface area contributed by atoms with Crippen molar-refractivity contribution in [2.24, 2.45) is 0 Å². The molecule has 3 aromatic carbocycles. The SMILES string of the molecule is O=C(c1ccc(NS(=O)(=O)c2cccc3cccnc23)cc1)N1CCN(c2ccccc2C(F)(F)F)CC1. The van der Waals surface area contributed by atoms with Crippen molar-refractivity contribution >= 4 is 38.2 Å². The average molecular weight is 541 g/mol. The predicted octanol–water partition coefficient (Wildman–Crippen LogP) is 5.02. The number of rotatable bonds is 5. The number of hydrogen-bond donors (Lipinski definition) is 1. The minimum atomic E-state index is -4.46. The van der Waals surface area contributed by atoms with Crippen LogP contribution in [0.5, 0.6) is 0 Å². The number of amides is 1. The van der Waals surface area contributed by atoms with E-state index in [0.29, 0.717) is 16.5 Å². The van der Waals surface area contributed by atoms with Crippen LogP contribution < -0.4 is 9.62 Å². The highest BCUT2D eigenvalue weighted by molar-refractivity contribution is 7.93. The number of anilines is 2. The Morgan fingerprint density at radius 2 is 1.53 bits per heavy atom. The molecule has 1 aliphatic rings. The number of sulfonamides is 1. The van der Waals surface area contributed by atoms with E-state index in [2.05, 4.69) is 9.71 Å². The van der Waals surface area contributed by atoms with Gasteiger partial charge in [-0.3, -0.25) is 14.5 Å². The highest BCUT2D eigenvalue weighted by Gasteiger charge is 2.35. The summed E-state index contributed by atoms with van der Waals surface area (Å²) >= 11 is 0. The first kappa shape index (κ1) is 25.5. The number of aromatic nitrogens is 1. The number of halogens is 3. The molecule has 0 radical (unpaired) electrons. The molecule has 0 saturated carbocycles. The lowest BCUT2D eigenvalue weighted by Gasteiger charge is -2.37. The number of alkyl halides is 3. The van der Waals surface area contributed by atoms with Gasteiger partial charge in [0.2, 0.25) is 0 Å². The monoisotopic (exact) mass is 540 g/mol. The standard InChI is InChI=1S/C27H23F3N4O3S/c28-27(29,30)22-7-1-2-8-23(22)33-15-17-34(18-16-33)26(35)20-10-12-21(13-11-20)32-38(36,37)24-9-3-5-19-6-4-14-31-25(19)24/h1-14,32H,15-18H2. The van der Waals surface area contributed by atoms with E-state index in [4.69, 9.17) is 0 Å². The molecule has 1 aromatic heterocycles. The van der Waals surface area contributed by atoms with Crippen LogP contribution >= 0.6 is 0 Å². The zero-order valence-electron chi connectivity index (χ0n) is 20.0. The smallest absolute Gasteiger partial charge is 0.367 e. The molecule has 0 bridgehead atoms. The number of nitrogens with zero attached hydrogens (tertiary/aromatic N) is 3. The Labute approximate surface area is 217 Å². The summed E-state index contributed by atoms with van der Waals surface area (Å²) in [4.78, 5) is 20.5. The van der Waals surface area contributed by atoms with E-state index in [9.17, 15) is 26.4 Å². The number of nitrogens with one attached hydrogen (secondary N) is 1. The van der Waals surface area contributed by atoms with Crippen molar-refractivity contribution in [2.75, 3.05) is 35.8 Å². The van der Waals surface area contributed by atoms with Gasteiger partial charge in [0.25, 0.3) is 15.9 Å². The third kappa shape index (κ3) is 5.14. The summed E-state index contributed by atoms with van der Waals surface area (Å²) in [6.07, 6.45) is -2.94. The largest absolute Gasteiger partial charge is 0.418 e. The second kappa shape index (κ2) is 9.97. The van der Waals surface area contributed by atoms with Crippen LogP contribution in [0.4, 0.5) is 24.5 Å². The lowest BCUT2D eigenvalue weighted by Crippen LogP contribution is -2.49. The number of carbonyl (C=O) groups is 1. The molecule has 7 nitrogen and oxygen atoms in total. The summed E-state index contributed by atoms with van der Waals surface area (Å²) in [5.74, 6) is -0.276. The summed E-state index contributed by atoms with van der Waals surface area (Å²) in [5.41, 5.74) is 0.389. The van der Waals surface area contributed by atoms with Gasteiger partial charge in [-0.2, -0.15) is 13.2 Å². The Balaban J connectivity index is 1.25. The molecular weight excluding hydrogens is 517 g/mol. The first-order valence-electron chi connectivity index (χ1n) is 11.8. The van der Waals surface area contributed by atoms with Crippen LogP contribution in [0, 0.1) is 0 Å². The van der Waals surface area contributed by atoms with E-state index in [1.165, 1.54) is 48.7 Å². The van der Waals surface area contributed by atoms with Crippen LogP contribution in [0.3, 0.4) is 0 Å². The first-order chi connectivity index (χ1) is 18.1. The molecule has 4 aromatic rings. The number of carbonyl (C=O) groups excluding carboxylic acids is 1. The fourth-order valence-electron chi connectivity index (χ4n) is 4.51. The maximum absolute atomic E-state index is 13.4. The van der Waals surface area contributed by atoms with Crippen molar-refractivity contribution in [3.8, 4) is 0 Å². The molecule has 0 aliphatic carbocycles. The van der Waals surface area contributed by atoms with Gasteiger partial charge in [0.05, 0.1) is 11.1 Å². The summed E-state index contributed by atoms with van der Waals surface area (Å²) in [6, 6.07) is 19.8. The van der Waals surface area contributed by atoms with E-state index in [0.717, 1.165) is 6.07 Å². The molecule has 5 rings (SSSR count). The molecular formula is C27H23F3N4O3S. The van der Waals surface area contributed by atoms with Crippen LogP contribution in [0.1, 0.15) is 15.9 Å². The third-order valence-corrected chi connectivity index (χ3v) is 7.80. The van der Waals surface area contributed by atoms with Gasteiger partial charge in [0.15, 0.2) is 0 Å². The maximum Gasteiger partial charge on any atom is 0.418 e. The molecule has 1 aliphatic heterocycles. The number of fused-ring (bicyclic) bond motifs is 1. The van der Waals surface area contributed by atoms with Gasteiger partial charge in [-0.05, 0) is 48.5 Å². The summed E-state index contributed by atoms with van der Waals surface area (Å²) < 4.78 is 68.7. The summed E-state index contributed by atoms with van der Waals surface area (Å²) in [6.45, 7) is 1.03. The van der Waals surface area contributed by atoms with Gasteiger partial charge < -0.3 is 9.80 Å². The topological polar surface area (TPSA) is 82.6 Å². The Kier molecular flexibility index (Phi) is 6.70. The number of benzene rings is 3. The molecule has 0 atom stereocenters. The molecule has 1 saturated heterocycles. The quantitative estimate of drug-likeness (QED) is 0.385. The molecule has 2 heterocycles. The number of hydrogen-bond acceptors (Lipinski definition) is 5. The van der Waals surface area contributed by atoms with Crippen LogP contribution in [0.25, 0.3) is 10.9 Å². The van der Waals surface area contributed by atoms with Gasteiger partial charge in [0.1, 0.15) is 4.90 Å². The number of pyridine rings is 1. The Morgan fingerprint density at radius 1 is 0.842 bits per heavy atom.